The number of rotatable bonds is 6. The highest BCUT2D eigenvalue weighted by atomic mass is 15.2. The molecule has 0 spiro atoms. The van der Waals surface area contributed by atoms with Gasteiger partial charge in [0.05, 0.1) is 55.4 Å². The minimum absolute atomic E-state index is 0.117. The van der Waals surface area contributed by atoms with Crippen LogP contribution in [0.15, 0.2) is 206 Å². The summed E-state index contributed by atoms with van der Waals surface area (Å²) in [6, 6.07) is 50.5. The van der Waals surface area contributed by atoms with Crippen LogP contribution in [0.25, 0.3) is 76.2 Å². The molecule has 4 heteroatoms. The number of fused-ring (bicyclic) bond motifs is 12. The molecule has 0 N–H and O–H groups in total. The first-order valence-electron chi connectivity index (χ1n) is 23.3. The SMILES string of the molecule is [2H]c1c([2H])c([2H])c2c(c1[2H])c1c(N(c3ccccc3)c3ccccc3)ccc3c4cc5c(cc4n2c31)c1ccc(N(c2ccccc2)c2ccccc2)c2c3c([2H])c([2H])c([2H])c([2H])c3n5c12. The molecule has 0 atom stereocenters. The Kier molecular flexibility index (Phi) is 5.03. The van der Waals surface area contributed by atoms with Crippen molar-refractivity contribution in [3.05, 3.63) is 206 Å². The molecule has 0 bridgehead atoms. The first-order valence-corrected chi connectivity index (χ1v) is 19.3. The maximum Gasteiger partial charge on any atom is 0.0645 e. The average Bonchev–Trinajstić information content (AvgIpc) is 4.09. The molecule has 13 aromatic rings. The van der Waals surface area contributed by atoms with E-state index in [-0.39, 0.29) is 48.3 Å². The summed E-state index contributed by atoms with van der Waals surface area (Å²) in [5.41, 5.74) is 8.83. The molecule has 0 unspecified atom stereocenters. The van der Waals surface area contributed by atoms with Crippen molar-refractivity contribution in [2.24, 2.45) is 0 Å². The first kappa shape index (κ1) is 24.6. The van der Waals surface area contributed by atoms with Gasteiger partial charge in [0.15, 0.2) is 0 Å². The van der Waals surface area contributed by atoms with Crippen LogP contribution in [0.1, 0.15) is 11.0 Å². The van der Waals surface area contributed by atoms with Crippen LogP contribution in [0.5, 0.6) is 0 Å². The normalized spacial score (nSPS) is 14.1. The van der Waals surface area contributed by atoms with E-state index in [0.717, 1.165) is 77.7 Å². The summed E-state index contributed by atoms with van der Waals surface area (Å²) in [6.07, 6.45) is 0. The van der Waals surface area contributed by atoms with E-state index in [1.54, 1.807) is 0 Å². The van der Waals surface area contributed by atoms with Gasteiger partial charge in [-0.05, 0) is 84.9 Å². The second kappa shape index (κ2) is 11.8. The topological polar surface area (TPSA) is 15.3 Å². The van der Waals surface area contributed by atoms with Gasteiger partial charge in [0.2, 0.25) is 0 Å². The van der Waals surface area contributed by atoms with Gasteiger partial charge in [-0.1, -0.05) is 121 Å². The van der Waals surface area contributed by atoms with Gasteiger partial charge in [-0.25, -0.2) is 0 Å². The van der Waals surface area contributed by atoms with Crippen molar-refractivity contribution >= 4 is 110 Å². The maximum absolute atomic E-state index is 9.47. The van der Waals surface area contributed by atoms with Crippen molar-refractivity contribution in [2.45, 2.75) is 0 Å². The standard InChI is InChI=1S/C54H34N4/c1-5-17-35(18-6-1)55(36-19-7-2-8-20-36)47-31-29-39-43-33-50-44(34-49(43)57-45-27-15-13-25-41(45)51(47)53(39)57)40-30-32-48(52-42-26-14-16-28-46(42)58(50)54(40)52)56(37-21-9-3-10-22-37)38-23-11-4-12-24-38/h1-34H/i13D,14D,15D,16D,25D,26D,27D,28D. The molecule has 0 saturated carbocycles. The summed E-state index contributed by atoms with van der Waals surface area (Å²) < 4.78 is 77.5. The Morgan fingerprint density at radius 2 is 0.672 bits per heavy atom. The maximum atomic E-state index is 9.47. The zero-order valence-electron chi connectivity index (χ0n) is 38.8. The van der Waals surface area contributed by atoms with Gasteiger partial charge < -0.3 is 18.6 Å². The van der Waals surface area contributed by atoms with Gasteiger partial charge in [0.25, 0.3) is 0 Å². The van der Waals surface area contributed by atoms with E-state index in [9.17, 15) is 5.48 Å². The molecular weight excluding hydrogens is 705 g/mol. The lowest BCUT2D eigenvalue weighted by Gasteiger charge is -2.26. The minimum atomic E-state index is -0.317. The molecule has 58 heavy (non-hydrogen) atoms. The van der Waals surface area contributed by atoms with Crippen molar-refractivity contribution in [1.29, 1.82) is 0 Å². The van der Waals surface area contributed by atoms with Crippen LogP contribution >= 0.6 is 0 Å². The molecule has 4 aromatic heterocycles. The Balaban J connectivity index is 1.21. The molecule has 4 heterocycles. The molecule has 0 radical (unpaired) electrons. The Morgan fingerprint density at radius 3 is 1.03 bits per heavy atom. The average molecular weight is 747 g/mol. The van der Waals surface area contributed by atoms with Crippen molar-refractivity contribution < 1.29 is 11.0 Å². The van der Waals surface area contributed by atoms with Gasteiger partial charge in [-0.2, -0.15) is 0 Å². The van der Waals surface area contributed by atoms with Crippen LogP contribution in [-0.4, -0.2) is 8.80 Å². The highest BCUT2D eigenvalue weighted by Crippen LogP contribution is 2.51. The predicted octanol–water partition coefficient (Wildman–Crippen LogP) is 14.9. The monoisotopic (exact) mass is 746 g/mol. The van der Waals surface area contributed by atoms with E-state index in [2.05, 4.69) is 34.1 Å². The fraction of sp³-hybridized carbons (Fsp3) is 0. The third kappa shape index (κ3) is 4.18. The molecule has 0 saturated heterocycles. The Bertz CT molecular complexity index is 3790. The van der Waals surface area contributed by atoms with Crippen molar-refractivity contribution in [3.63, 3.8) is 0 Å². The van der Waals surface area contributed by atoms with Crippen molar-refractivity contribution in [1.82, 2.24) is 8.80 Å². The second-order valence-corrected chi connectivity index (χ2v) is 14.7. The molecule has 0 amide bonds. The Hall–Kier alpha value is -7.82. The minimum Gasteiger partial charge on any atom is -0.310 e. The van der Waals surface area contributed by atoms with Gasteiger partial charge in [-0.3, -0.25) is 0 Å². The lowest BCUT2D eigenvalue weighted by atomic mass is 10.0. The van der Waals surface area contributed by atoms with Crippen LogP contribution in [0.2, 0.25) is 0 Å². The van der Waals surface area contributed by atoms with Crippen LogP contribution < -0.4 is 9.80 Å². The summed E-state index contributed by atoms with van der Waals surface area (Å²) in [7, 11) is 0. The molecule has 0 aliphatic rings. The number of anilines is 6. The van der Waals surface area contributed by atoms with E-state index >= 15 is 0 Å². The fourth-order valence-electron chi connectivity index (χ4n) is 9.48. The second-order valence-electron chi connectivity index (χ2n) is 14.7. The highest BCUT2D eigenvalue weighted by Gasteiger charge is 2.27. The van der Waals surface area contributed by atoms with E-state index in [0.29, 0.717) is 32.6 Å². The molecular formula is C54H34N4. The molecule has 0 fully saturated rings. The number of hydrogen-bond acceptors (Lipinski definition) is 2. The first-order chi connectivity index (χ1) is 32.2. The number of para-hydroxylation sites is 6. The van der Waals surface area contributed by atoms with Gasteiger partial charge in [0, 0.05) is 65.8 Å². The van der Waals surface area contributed by atoms with Gasteiger partial charge >= 0.3 is 0 Å². The van der Waals surface area contributed by atoms with Crippen LogP contribution in [0, 0.1) is 0 Å². The lowest BCUT2D eigenvalue weighted by molar-refractivity contribution is 1.30. The van der Waals surface area contributed by atoms with E-state index in [4.69, 9.17) is 5.48 Å². The third-order valence-electron chi connectivity index (χ3n) is 11.8. The van der Waals surface area contributed by atoms with Gasteiger partial charge in [0.1, 0.15) is 0 Å². The fourth-order valence-corrected chi connectivity index (χ4v) is 9.48. The van der Waals surface area contributed by atoms with Crippen molar-refractivity contribution in [3.8, 4) is 0 Å². The smallest absolute Gasteiger partial charge is 0.0645 e. The summed E-state index contributed by atoms with van der Waals surface area (Å²) in [4.78, 5) is 4.26. The van der Waals surface area contributed by atoms with E-state index < -0.39 is 0 Å². The van der Waals surface area contributed by atoms with Crippen molar-refractivity contribution in [2.75, 3.05) is 9.80 Å². The highest BCUT2D eigenvalue weighted by molar-refractivity contribution is 6.32. The van der Waals surface area contributed by atoms with Crippen LogP contribution in [-0.2, 0) is 0 Å². The summed E-state index contributed by atoms with van der Waals surface area (Å²) in [5.74, 6) is 0. The van der Waals surface area contributed by atoms with E-state index in [1.165, 1.54) is 0 Å². The number of hydrogen-bond donors (Lipinski definition) is 0. The number of nitrogens with zero attached hydrogens (tertiary/aromatic N) is 4. The molecule has 13 rings (SSSR count). The van der Waals surface area contributed by atoms with Crippen LogP contribution in [0.4, 0.5) is 34.1 Å². The largest absolute Gasteiger partial charge is 0.310 e. The molecule has 0 aliphatic heterocycles. The predicted molar refractivity (Wildman–Crippen MR) is 245 cm³/mol. The quantitative estimate of drug-likeness (QED) is 0.168. The lowest BCUT2D eigenvalue weighted by Crippen LogP contribution is -2.10. The summed E-state index contributed by atoms with van der Waals surface area (Å²) in [5, 5.41) is 5.58. The Labute approximate surface area is 345 Å². The molecule has 270 valence electrons. The molecule has 9 aromatic carbocycles. The molecule has 4 nitrogen and oxygen atoms in total. The molecule has 0 aliphatic carbocycles. The third-order valence-corrected chi connectivity index (χ3v) is 11.8. The Morgan fingerprint density at radius 1 is 0.328 bits per heavy atom. The van der Waals surface area contributed by atoms with E-state index in [1.807, 2.05) is 142 Å². The zero-order chi connectivity index (χ0) is 44.9. The number of aromatic nitrogens is 2. The summed E-state index contributed by atoms with van der Waals surface area (Å²) >= 11 is 0. The van der Waals surface area contributed by atoms with Gasteiger partial charge in [-0.15, -0.1) is 0 Å². The van der Waals surface area contributed by atoms with Crippen LogP contribution in [0.3, 0.4) is 0 Å². The summed E-state index contributed by atoms with van der Waals surface area (Å²) in [6.45, 7) is 0. The number of benzene rings is 9. The zero-order valence-corrected chi connectivity index (χ0v) is 30.8.